The van der Waals surface area contributed by atoms with Gasteiger partial charge in [-0.15, -0.1) is 0 Å². The lowest BCUT2D eigenvalue weighted by Gasteiger charge is -1.81. The molecule has 0 aromatic heterocycles. The molecule has 2 nitrogen and oxygen atoms in total. The molecule has 0 radical (unpaired) electrons. The highest BCUT2D eigenvalue weighted by molar-refractivity contribution is 5.80. The Balaban J connectivity index is 3.66. The number of hydrazone groups is 1. The third-order valence-corrected chi connectivity index (χ3v) is 0.621. The first-order valence-corrected chi connectivity index (χ1v) is 2.36. The van der Waals surface area contributed by atoms with Crippen LogP contribution in [0, 0.1) is 0 Å². The average Bonchev–Trinajstić information content (AvgIpc) is 1.68. The summed E-state index contributed by atoms with van der Waals surface area (Å²) in [6, 6.07) is 0. The van der Waals surface area contributed by atoms with E-state index in [1.807, 2.05) is 19.1 Å². The molecule has 8 heavy (non-hydrogen) atoms. The van der Waals surface area contributed by atoms with Crippen molar-refractivity contribution in [3.8, 4) is 0 Å². The lowest BCUT2D eigenvalue weighted by atomic mass is 10.3. The minimum Gasteiger partial charge on any atom is -0.323 e. The Hall–Kier alpha value is -1.05. The molecule has 0 heterocycles. The van der Waals surface area contributed by atoms with Gasteiger partial charge in [-0.05, 0) is 12.5 Å². The van der Waals surface area contributed by atoms with Crippen molar-refractivity contribution in [2.75, 3.05) is 0 Å². The maximum Gasteiger partial charge on any atom is 0.0531 e. The van der Waals surface area contributed by atoms with Crippen molar-refractivity contribution in [3.63, 3.8) is 0 Å². The van der Waals surface area contributed by atoms with Crippen molar-refractivity contribution in [1.29, 1.82) is 0 Å². The Morgan fingerprint density at radius 1 is 1.75 bits per heavy atom. The van der Waals surface area contributed by atoms with E-state index < -0.39 is 0 Å². The molecule has 0 aliphatic carbocycles. The lowest BCUT2D eigenvalue weighted by molar-refractivity contribution is 1.26. The van der Waals surface area contributed by atoms with Gasteiger partial charge >= 0.3 is 0 Å². The zero-order valence-electron chi connectivity index (χ0n) is 4.96. The van der Waals surface area contributed by atoms with Crippen LogP contribution >= 0.6 is 0 Å². The highest BCUT2D eigenvalue weighted by Gasteiger charge is 1.73. The van der Waals surface area contributed by atoms with Gasteiger partial charge in [0.15, 0.2) is 0 Å². The van der Waals surface area contributed by atoms with Crippen LogP contribution in [0.4, 0.5) is 0 Å². The number of allylic oxidation sites excluding steroid dienone is 3. The molecule has 0 unspecified atom stereocenters. The average molecular weight is 110 g/mol. The van der Waals surface area contributed by atoms with Gasteiger partial charge in [-0.25, -0.2) is 0 Å². The minimum absolute atomic E-state index is 0.815. The fourth-order valence-electron chi connectivity index (χ4n) is 0.353. The summed E-state index contributed by atoms with van der Waals surface area (Å²) >= 11 is 0. The molecule has 44 valence electrons. The van der Waals surface area contributed by atoms with E-state index in [-0.39, 0.29) is 0 Å². The summed E-state index contributed by atoms with van der Waals surface area (Å²) in [4.78, 5) is 0. The summed E-state index contributed by atoms with van der Waals surface area (Å²) in [5, 5.41) is 3.28. The van der Waals surface area contributed by atoms with Crippen LogP contribution in [0.1, 0.15) is 6.92 Å². The van der Waals surface area contributed by atoms with Gasteiger partial charge in [0, 0.05) is 0 Å². The van der Waals surface area contributed by atoms with Crippen LogP contribution in [0.3, 0.4) is 0 Å². The second-order valence-electron chi connectivity index (χ2n) is 1.35. The van der Waals surface area contributed by atoms with E-state index in [2.05, 4.69) is 11.7 Å². The van der Waals surface area contributed by atoms with E-state index in [0.717, 1.165) is 5.57 Å². The van der Waals surface area contributed by atoms with Crippen molar-refractivity contribution >= 4 is 6.21 Å². The van der Waals surface area contributed by atoms with E-state index in [1.165, 1.54) is 6.21 Å². The quantitative estimate of drug-likeness (QED) is 0.245. The molecule has 0 spiro atoms. The van der Waals surface area contributed by atoms with Gasteiger partial charge in [0.1, 0.15) is 0 Å². The van der Waals surface area contributed by atoms with Crippen molar-refractivity contribution in [3.05, 3.63) is 24.3 Å². The largest absolute Gasteiger partial charge is 0.323 e. The third kappa shape index (κ3) is 3.15. The zero-order valence-corrected chi connectivity index (χ0v) is 4.96. The monoisotopic (exact) mass is 110 g/mol. The minimum atomic E-state index is 0.815. The zero-order chi connectivity index (χ0) is 6.41. The predicted molar refractivity (Wildman–Crippen MR) is 36.6 cm³/mol. The van der Waals surface area contributed by atoms with Crippen LogP contribution in [-0.4, -0.2) is 6.21 Å². The highest BCUT2D eigenvalue weighted by Crippen LogP contribution is 1.84. The summed E-state index contributed by atoms with van der Waals surface area (Å²) in [7, 11) is 0. The van der Waals surface area contributed by atoms with Gasteiger partial charge in [0.2, 0.25) is 0 Å². The standard InChI is InChI=1S/C6H10N2/c1-3-4-6(2)5-8-7/h3-5H,2,7H2,1H3/b4-3-,8-5-. The van der Waals surface area contributed by atoms with Gasteiger partial charge in [-0.2, -0.15) is 5.10 Å². The molecule has 0 saturated carbocycles. The Labute approximate surface area is 49.4 Å². The van der Waals surface area contributed by atoms with E-state index in [9.17, 15) is 0 Å². The molecule has 2 heteroatoms. The van der Waals surface area contributed by atoms with Gasteiger partial charge in [0.25, 0.3) is 0 Å². The summed E-state index contributed by atoms with van der Waals surface area (Å²) < 4.78 is 0. The van der Waals surface area contributed by atoms with Crippen LogP contribution < -0.4 is 5.84 Å². The van der Waals surface area contributed by atoms with Crippen LogP contribution in [0.2, 0.25) is 0 Å². The van der Waals surface area contributed by atoms with E-state index in [1.54, 1.807) is 0 Å². The van der Waals surface area contributed by atoms with E-state index >= 15 is 0 Å². The maximum atomic E-state index is 4.83. The normalized spacial score (nSPS) is 11.1. The first kappa shape index (κ1) is 6.95. The molecule has 0 bridgehead atoms. The second-order valence-corrected chi connectivity index (χ2v) is 1.35. The highest BCUT2D eigenvalue weighted by atomic mass is 15.1. The van der Waals surface area contributed by atoms with Crippen molar-refractivity contribution in [1.82, 2.24) is 0 Å². The summed E-state index contributed by atoms with van der Waals surface area (Å²) in [5.41, 5.74) is 0.815. The fourth-order valence-corrected chi connectivity index (χ4v) is 0.353. The second kappa shape index (κ2) is 4.12. The van der Waals surface area contributed by atoms with Crippen LogP contribution in [-0.2, 0) is 0 Å². The molecule has 2 N–H and O–H groups in total. The van der Waals surface area contributed by atoms with E-state index in [0.29, 0.717) is 0 Å². The molecule has 0 aromatic carbocycles. The molecular weight excluding hydrogens is 100 g/mol. The van der Waals surface area contributed by atoms with Crippen molar-refractivity contribution in [2.45, 2.75) is 6.92 Å². The number of hydrogen-bond donors (Lipinski definition) is 1. The maximum absolute atomic E-state index is 4.83. The topological polar surface area (TPSA) is 38.4 Å². The molecule has 0 atom stereocenters. The van der Waals surface area contributed by atoms with Gasteiger partial charge in [-0.3, -0.25) is 0 Å². The third-order valence-electron chi connectivity index (χ3n) is 0.621. The van der Waals surface area contributed by atoms with Crippen molar-refractivity contribution in [2.24, 2.45) is 10.9 Å². The Bertz CT molecular complexity index is 108. The number of nitrogens with zero attached hydrogens (tertiary/aromatic N) is 1. The lowest BCUT2D eigenvalue weighted by Crippen LogP contribution is -1.82. The smallest absolute Gasteiger partial charge is 0.0531 e. The molecule has 0 fully saturated rings. The van der Waals surface area contributed by atoms with Crippen molar-refractivity contribution < 1.29 is 0 Å². The Kier molecular flexibility index (Phi) is 3.58. The molecule has 0 amide bonds. The summed E-state index contributed by atoms with van der Waals surface area (Å²) in [6.07, 6.45) is 5.21. The summed E-state index contributed by atoms with van der Waals surface area (Å²) in [6.45, 7) is 5.53. The van der Waals surface area contributed by atoms with Crippen LogP contribution in [0.5, 0.6) is 0 Å². The first-order valence-electron chi connectivity index (χ1n) is 2.36. The molecule has 0 aliphatic rings. The number of hydrogen-bond acceptors (Lipinski definition) is 2. The van der Waals surface area contributed by atoms with Gasteiger partial charge < -0.3 is 5.84 Å². The predicted octanol–water partition coefficient (Wildman–Crippen LogP) is 1.06. The van der Waals surface area contributed by atoms with Gasteiger partial charge in [-0.1, -0.05) is 18.7 Å². The fraction of sp³-hybridized carbons (Fsp3) is 0.167. The van der Waals surface area contributed by atoms with Crippen LogP contribution in [0.25, 0.3) is 0 Å². The number of rotatable bonds is 2. The first-order chi connectivity index (χ1) is 3.81. The SMILES string of the molecule is C=C(/C=C\C)/C=N\N. The Morgan fingerprint density at radius 3 is 2.75 bits per heavy atom. The molecule has 0 aliphatic heterocycles. The molecule has 0 saturated heterocycles. The number of nitrogens with two attached hydrogens (primary N) is 1. The molecular formula is C6H10N2. The van der Waals surface area contributed by atoms with E-state index in [4.69, 9.17) is 5.84 Å². The van der Waals surface area contributed by atoms with Gasteiger partial charge in [0.05, 0.1) is 6.21 Å². The molecule has 0 aromatic rings. The summed E-state index contributed by atoms with van der Waals surface area (Å²) in [5.74, 6) is 4.83. The Morgan fingerprint density at radius 2 is 2.38 bits per heavy atom. The van der Waals surface area contributed by atoms with Crippen LogP contribution in [0.15, 0.2) is 29.4 Å². The molecule has 0 rings (SSSR count).